The Morgan fingerprint density at radius 3 is 2.86 bits per heavy atom. The quantitative estimate of drug-likeness (QED) is 0.666. The summed E-state index contributed by atoms with van der Waals surface area (Å²) in [5, 5.41) is 5.94. The molecule has 0 bridgehead atoms. The predicted molar refractivity (Wildman–Crippen MR) is 78.5 cm³/mol. The van der Waals surface area contributed by atoms with Gasteiger partial charge in [-0.05, 0) is 20.0 Å². The van der Waals surface area contributed by atoms with Gasteiger partial charge in [-0.1, -0.05) is 0 Å². The van der Waals surface area contributed by atoms with Crippen molar-refractivity contribution in [1.82, 2.24) is 25.2 Å². The van der Waals surface area contributed by atoms with E-state index in [1.54, 1.807) is 7.05 Å². The molecule has 21 heavy (non-hydrogen) atoms. The van der Waals surface area contributed by atoms with Crippen LogP contribution >= 0.6 is 0 Å². The van der Waals surface area contributed by atoms with E-state index in [4.69, 9.17) is 0 Å². The summed E-state index contributed by atoms with van der Waals surface area (Å²) in [6.45, 7) is 2.39. The van der Waals surface area contributed by atoms with Gasteiger partial charge in [0.25, 0.3) is 11.5 Å². The van der Waals surface area contributed by atoms with Crippen LogP contribution in [0.25, 0.3) is 11.0 Å². The van der Waals surface area contributed by atoms with Crippen molar-refractivity contribution in [2.24, 2.45) is 7.05 Å². The molecule has 0 fully saturated rings. The molecule has 3 N–H and O–H groups in total. The van der Waals surface area contributed by atoms with Crippen LogP contribution in [0.4, 0.5) is 0 Å². The molecule has 8 nitrogen and oxygen atoms in total. The first kappa shape index (κ1) is 14.9. The van der Waals surface area contributed by atoms with Crippen molar-refractivity contribution in [3.8, 4) is 0 Å². The molecule has 0 radical (unpaired) electrons. The zero-order valence-electron chi connectivity index (χ0n) is 12.1. The maximum absolute atomic E-state index is 12.0. The van der Waals surface area contributed by atoms with Gasteiger partial charge in [-0.2, -0.15) is 0 Å². The lowest BCUT2D eigenvalue weighted by atomic mass is 10.2. The lowest BCUT2D eigenvalue weighted by molar-refractivity contribution is 0.0950. The van der Waals surface area contributed by atoms with Crippen LogP contribution in [0.1, 0.15) is 17.3 Å². The minimum atomic E-state index is -0.557. The third-order valence-corrected chi connectivity index (χ3v) is 3.28. The standard InChI is InChI=1S/C13H17N5O3/c1-7(14-2)5-16-11(19)8-4-9-10(15-6-8)18(3)13(21)17-12(9)20/h4,6-7,14H,5H2,1-3H3,(H,16,19)(H,17,20,21). The summed E-state index contributed by atoms with van der Waals surface area (Å²) in [7, 11) is 3.30. The average molecular weight is 291 g/mol. The smallest absolute Gasteiger partial charge is 0.329 e. The largest absolute Gasteiger partial charge is 0.350 e. The molecule has 112 valence electrons. The number of nitrogens with zero attached hydrogens (tertiary/aromatic N) is 2. The maximum Gasteiger partial charge on any atom is 0.329 e. The number of aromatic nitrogens is 3. The summed E-state index contributed by atoms with van der Waals surface area (Å²) in [5.41, 5.74) is -0.585. The van der Waals surface area contributed by atoms with E-state index in [-0.39, 0.29) is 28.5 Å². The number of nitrogens with one attached hydrogen (secondary N) is 3. The number of aromatic amines is 1. The van der Waals surface area contributed by atoms with E-state index >= 15 is 0 Å². The molecule has 0 aliphatic heterocycles. The van der Waals surface area contributed by atoms with Gasteiger partial charge in [0.15, 0.2) is 0 Å². The number of fused-ring (bicyclic) bond motifs is 1. The molecule has 1 atom stereocenters. The normalized spacial score (nSPS) is 12.3. The minimum absolute atomic E-state index is 0.131. The van der Waals surface area contributed by atoms with Crippen LogP contribution in [-0.4, -0.2) is 40.1 Å². The Morgan fingerprint density at radius 1 is 1.48 bits per heavy atom. The van der Waals surface area contributed by atoms with E-state index in [2.05, 4.69) is 20.6 Å². The van der Waals surface area contributed by atoms with Gasteiger partial charge >= 0.3 is 5.69 Å². The predicted octanol–water partition coefficient (Wildman–Crippen LogP) is -1.04. The number of hydrogen-bond donors (Lipinski definition) is 3. The lowest BCUT2D eigenvalue weighted by Crippen LogP contribution is -2.37. The van der Waals surface area contributed by atoms with Crippen LogP contribution in [0, 0.1) is 0 Å². The topological polar surface area (TPSA) is 109 Å². The highest BCUT2D eigenvalue weighted by molar-refractivity contribution is 5.96. The first-order chi connectivity index (χ1) is 9.93. The number of aryl methyl sites for hydroxylation is 1. The zero-order valence-corrected chi connectivity index (χ0v) is 12.1. The van der Waals surface area contributed by atoms with Crippen LogP contribution in [0.2, 0.25) is 0 Å². The first-order valence-electron chi connectivity index (χ1n) is 6.48. The van der Waals surface area contributed by atoms with Crippen molar-refractivity contribution >= 4 is 16.9 Å². The van der Waals surface area contributed by atoms with Crippen LogP contribution in [0.3, 0.4) is 0 Å². The van der Waals surface area contributed by atoms with Crippen molar-refractivity contribution in [3.05, 3.63) is 38.7 Å². The fraction of sp³-hybridized carbons (Fsp3) is 0.385. The molecule has 0 aliphatic carbocycles. The Labute approximate surface area is 120 Å². The molecule has 0 aromatic carbocycles. The molecule has 0 saturated heterocycles. The average Bonchev–Trinajstić information content (AvgIpc) is 2.49. The zero-order chi connectivity index (χ0) is 15.6. The Balaban J connectivity index is 2.38. The fourth-order valence-electron chi connectivity index (χ4n) is 1.81. The second kappa shape index (κ2) is 5.88. The molecular formula is C13H17N5O3. The number of hydrogen-bond acceptors (Lipinski definition) is 5. The number of H-pyrrole nitrogens is 1. The van der Waals surface area contributed by atoms with E-state index in [9.17, 15) is 14.4 Å². The summed E-state index contributed by atoms with van der Waals surface area (Å²) in [4.78, 5) is 41.5. The van der Waals surface area contributed by atoms with Crippen molar-refractivity contribution < 1.29 is 4.79 Å². The second-order valence-electron chi connectivity index (χ2n) is 4.81. The molecule has 2 heterocycles. The summed E-state index contributed by atoms with van der Waals surface area (Å²) in [6, 6.07) is 1.56. The van der Waals surface area contributed by atoms with Gasteiger partial charge in [-0.25, -0.2) is 9.78 Å². The first-order valence-corrected chi connectivity index (χ1v) is 6.48. The van der Waals surface area contributed by atoms with Crippen LogP contribution in [0.15, 0.2) is 21.9 Å². The molecular weight excluding hydrogens is 274 g/mol. The lowest BCUT2D eigenvalue weighted by Gasteiger charge is -2.11. The summed E-state index contributed by atoms with van der Waals surface area (Å²) in [6.07, 6.45) is 1.35. The van der Waals surface area contributed by atoms with Crippen molar-refractivity contribution in [1.29, 1.82) is 0 Å². The molecule has 0 saturated carbocycles. The molecule has 0 aliphatic rings. The third kappa shape index (κ3) is 3.00. The molecule has 8 heteroatoms. The Morgan fingerprint density at radius 2 is 2.19 bits per heavy atom. The van der Waals surface area contributed by atoms with Crippen molar-refractivity contribution in [3.63, 3.8) is 0 Å². The van der Waals surface area contributed by atoms with Gasteiger partial charge in [-0.15, -0.1) is 0 Å². The highest BCUT2D eigenvalue weighted by Crippen LogP contribution is 2.06. The molecule has 1 unspecified atom stereocenters. The number of carbonyl (C=O) groups is 1. The van der Waals surface area contributed by atoms with E-state index < -0.39 is 11.2 Å². The van der Waals surface area contributed by atoms with Crippen molar-refractivity contribution in [2.75, 3.05) is 13.6 Å². The number of likely N-dealkylation sites (N-methyl/N-ethyl adjacent to an activating group) is 1. The van der Waals surface area contributed by atoms with E-state index in [1.807, 2.05) is 6.92 Å². The molecule has 0 spiro atoms. The molecule has 2 aromatic heterocycles. The summed E-state index contributed by atoms with van der Waals surface area (Å²) < 4.78 is 1.22. The fourth-order valence-corrected chi connectivity index (χ4v) is 1.81. The Hall–Kier alpha value is -2.48. The van der Waals surface area contributed by atoms with Gasteiger partial charge in [-0.3, -0.25) is 19.1 Å². The highest BCUT2D eigenvalue weighted by Gasteiger charge is 2.12. The van der Waals surface area contributed by atoms with E-state index in [0.29, 0.717) is 6.54 Å². The van der Waals surface area contributed by atoms with Crippen LogP contribution in [0.5, 0.6) is 0 Å². The SMILES string of the molecule is CNC(C)CNC(=O)c1cnc2c(c1)c(=O)[nH]c(=O)n2C. The van der Waals surface area contributed by atoms with E-state index in [1.165, 1.54) is 23.9 Å². The number of pyridine rings is 1. The number of carbonyl (C=O) groups excluding carboxylic acids is 1. The maximum atomic E-state index is 12.0. The monoisotopic (exact) mass is 291 g/mol. The van der Waals surface area contributed by atoms with Gasteiger partial charge in [0, 0.05) is 25.8 Å². The van der Waals surface area contributed by atoms with E-state index in [0.717, 1.165) is 0 Å². The van der Waals surface area contributed by atoms with Gasteiger partial charge in [0.1, 0.15) is 5.65 Å². The summed E-state index contributed by atoms with van der Waals surface area (Å²) in [5.74, 6) is -0.320. The van der Waals surface area contributed by atoms with Gasteiger partial charge in [0.05, 0.1) is 10.9 Å². The highest BCUT2D eigenvalue weighted by atomic mass is 16.2. The Bertz CT molecular complexity index is 792. The Kier molecular flexibility index (Phi) is 4.18. The number of rotatable bonds is 4. The van der Waals surface area contributed by atoms with Gasteiger partial charge in [0.2, 0.25) is 0 Å². The second-order valence-corrected chi connectivity index (χ2v) is 4.81. The van der Waals surface area contributed by atoms with Crippen LogP contribution in [-0.2, 0) is 7.05 Å². The molecule has 2 rings (SSSR count). The summed E-state index contributed by atoms with van der Waals surface area (Å²) >= 11 is 0. The number of amides is 1. The third-order valence-electron chi connectivity index (χ3n) is 3.28. The van der Waals surface area contributed by atoms with Crippen LogP contribution < -0.4 is 21.9 Å². The van der Waals surface area contributed by atoms with Crippen molar-refractivity contribution in [2.45, 2.75) is 13.0 Å². The molecule has 2 aromatic rings. The molecule has 1 amide bonds. The van der Waals surface area contributed by atoms with Gasteiger partial charge < -0.3 is 10.6 Å². The minimum Gasteiger partial charge on any atom is -0.350 e.